The summed E-state index contributed by atoms with van der Waals surface area (Å²) in [7, 11) is 0. The first kappa shape index (κ1) is 12.6. The predicted octanol–water partition coefficient (Wildman–Crippen LogP) is 2.31. The molecule has 4 aliphatic carbocycles. The van der Waals surface area contributed by atoms with Crippen LogP contribution in [0.3, 0.4) is 0 Å². The molecular formula is C17H23NO2. The minimum absolute atomic E-state index is 0.165. The third-order valence-corrected chi connectivity index (χ3v) is 6.55. The second-order valence-electron chi connectivity index (χ2n) is 7.43. The lowest BCUT2D eigenvalue weighted by Crippen LogP contribution is -2.55. The molecule has 4 rings (SSSR count). The van der Waals surface area contributed by atoms with Crippen LogP contribution in [-0.2, 0) is 9.59 Å². The Hall–Kier alpha value is -1.12. The molecule has 0 amide bonds. The molecule has 0 unspecified atom stereocenters. The van der Waals surface area contributed by atoms with Crippen molar-refractivity contribution in [1.29, 1.82) is 0 Å². The van der Waals surface area contributed by atoms with Crippen LogP contribution in [0.1, 0.15) is 39.0 Å². The van der Waals surface area contributed by atoms with E-state index in [0.717, 1.165) is 31.4 Å². The molecule has 3 nitrogen and oxygen atoms in total. The number of hydrogen-bond donors (Lipinski definition) is 1. The molecule has 3 fully saturated rings. The van der Waals surface area contributed by atoms with Gasteiger partial charge in [0.25, 0.3) is 0 Å². The number of ketones is 2. The van der Waals surface area contributed by atoms with E-state index in [0.29, 0.717) is 41.7 Å². The Morgan fingerprint density at radius 3 is 2.60 bits per heavy atom. The first-order valence-electron chi connectivity index (χ1n) is 8.11. The molecule has 0 spiro atoms. The topological polar surface area (TPSA) is 60.2 Å². The molecule has 0 radical (unpaired) electrons. The molecule has 20 heavy (non-hydrogen) atoms. The van der Waals surface area contributed by atoms with Gasteiger partial charge in [-0.1, -0.05) is 13.0 Å². The van der Waals surface area contributed by atoms with Gasteiger partial charge in [-0.3, -0.25) is 9.59 Å². The number of rotatable bonds is 0. The average molecular weight is 273 g/mol. The van der Waals surface area contributed by atoms with E-state index in [1.165, 1.54) is 0 Å². The Morgan fingerprint density at radius 1 is 1.05 bits per heavy atom. The Bertz CT molecular complexity index is 509. The number of carbonyl (C=O) groups excluding carboxylic acids is 2. The van der Waals surface area contributed by atoms with Crippen molar-refractivity contribution in [3.8, 4) is 0 Å². The van der Waals surface area contributed by atoms with Gasteiger partial charge >= 0.3 is 0 Å². The predicted molar refractivity (Wildman–Crippen MR) is 75.5 cm³/mol. The Balaban J connectivity index is 1.80. The summed E-state index contributed by atoms with van der Waals surface area (Å²) in [4.78, 5) is 24.8. The van der Waals surface area contributed by atoms with Crippen LogP contribution in [0.2, 0.25) is 0 Å². The highest BCUT2D eigenvalue weighted by Crippen LogP contribution is 2.57. The van der Waals surface area contributed by atoms with Crippen LogP contribution in [0.5, 0.6) is 0 Å². The first-order chi connectivity index (χ1) is 9.58. The molecule has 108 valence electrons. The molecule has 2 N–H and O–H groups in total. The number of carbonyl (C=O) groups is 2. The lowest BCUT2D eigenvalue weighted by molar-refractivity contribution is -0.148. The summed E-state index contributed by atoms with van der Waals surface area (Å²) in [6, 6.07) is 0. The summed E-state index contributed by atoms with van der Waals surface area (Å²) in [5.41, 5.74) is 7.33. The lowest BCUT2D eigenvalue weighted by atomic mass is 9.48. The molecule has 0 aliphatic heterocycles. The van der Waals surface area contributed by atoms with Crippen molar-refractivity contribution in [2.24, 2.45) is 47.2 Å². The maximum absolute atomic E-state index is 12.5. The maximum atomic E-state index is 12.5. The van der Waals surface area contributed by atoms with Crippen LogP contribution in [0.25, 0.3) is 0 Å². The van der Waals surface area contributed by atoms with E-state index >= 15 is 0 Å². The fourth-order valence-corrected chi connectivity index (χ4v) is 5.78. The molecule has 0 saturated heterocycles. The Morgan fingerprint density at radius 2 is 1.80 bits per heavy atom. The van der Waals surface area contributed by atoms with Gasteiger partial charge < -0.3 is 5.73 Å². The van der Waals surface area contributed by atoms with Crippen LogP contribution >= 0.6 is 0 Å². The van der Waals surface area contributed by atoms with E-state index in [-0.39, 0.29) is 17.8 Å². The molecule has 0 bridgehead atoms. The minimum atomic E-state index is 0.165. The number of nitrogens with two attached hydrogens (primary N) is 1. The minimum Gasteiger partial charge on any atom is -0.402 e. The zero-order valence-electron chi connectivity index (χ0n) is 12.0. The van der Waals surface area contributed by atoms with Crippen LogP contribution in [-0.4, -0.2) is 11.6 Å². The normalized spacial score (nSPS) is 50.5. The van der Waals surface area contributed by atoms with Crippen molar-refractivity contribution in [3.63, 3.8) is 0 Å². The summed E-state index contributed by atoms with van der Waals surface area (Å²) in [6.07, 6.45) is 6.62. The van der Waals surface area contributed by atoms with Gasteiger partial charge in [0.2, 0.25) is 0 Å². The molecule has 0 aromatic rings. The van der Waals surface area contributed by atoms with E-state index < -0.39 is 0 Å². The molecule has 0 aromatic heterocycles. The van der Waals surface area contributed by atoms with Crippen LogP contribution < -0.4 is 5.73 Å². The van der Waals surface area contributed by atoms with Gasteiger partial charge in [-0.2, -0.15) is 0 Å². The summed E-state index contributed by atoms with van der Waals surface area (Å²) in [5.74, 6) is 3.00. The lowest BCUT2D eigenvalue weighted by Gasteiger charge is -2.55. The highest BCUT2D eigenvalue weighted by molar-refractivity contribution is 5.86. The summed E-state index contributed by atoms with van der Waals surface area (Å²) in [6.45, 7) is 2.06. The second-order valence-corrected chi connectivity index (χ2v) is 7.43. The van der Waals surface area contributed by atoms with Crippen LogP contribution in [0, 0.1) is 41.4 Å². The quantitative estimate of drug-likeness (QED) is 0.736. The van der Waals surface area contributed by atoms with Crippen LogP contribution in [0.15, 0.2) is 11.8 Å². The van der Waals surface area contributed by atoms with Gasteiger partial charge in [0.1, 0.15) is 11.6 Å². The van der Waals surface area contributed by atoms with Gasteiger partial charge in [0.05, 0.1) is 0 Å². The molecule has 3 heteroatoms. The first-order valence-corrected chi connectivity index (χ1v) is 8.11. The van der Waals surface area contributed by atoms with Gasteiger partial charge in [-0.25, -0.2) is 0 Å². The van der Waals surface area contributed by atoms with E-state index in [1.807, 2.05) is 0 Å². The molecular weight excluding hydrogens is 250 g/mol. The summed E-state index contributed by atoms with van der Waals surface area (Å²) in [5, 5.41) is 0. The third-order valence-electron chi connectivity index (χ3n) is 6.55. The van der Waals surface area contributed by atoms with Crippen molar-refractivity contribution >= 4 is 11.6 Å². The average Bonchev–Trinajstić information content (AvgIpc) is 2.43. The van der Waals surface area contributed by atoms with Crippen molar-refractivity contribution in [2.75, 3.05) is 0 Å². The van der Waals surface area contributed by atoms with Gasteiger partial charge in [0, 0.05) is 35.8 Å². The van der Waals surface area contributed by atoms with Crippen molar-refractivity contribution in [3.05, 3.63) is 11.8 Å². The van der Waals surface area contributed by atoms with E-state index in [1.54, 1.807) is 0 Å². The fourth-order valence-electron chi connectivity index (χ4n) is 5.78. The zero-order chi connectivity index (χ0) is 14.0. The number of hydrogen-bond acceptors (Lipinski definition) is 3. The number of Topliss-reactive ketones (excluding diaryl/α,β-unsaturated/α-hetero) is 2. The zero-order valence-corrected chi connectivity index (χ0v) is 12.0. The monoisotopic (exact) mass is 273 g/mol. The highest BCUT2D eigenvalue weighted by Gasteiger charge is 2.56. The van der Waals surface area contributed by atoms with Gasteiger partial charge in [0.15, 0.2) is 0 Å². The molecule has 4 aliphatic rings. The Labute approximate surface area is 120 Å². The Kier molecular flexibility index (Phi) is 2.64. The van der Waals surface area contributed by atoms with Crippen molar-refractivity contribution in [1.82, 2.24) is 0 Å². The van der Waals surface area contributed by atoms with E-state index in [9.17, 15) is 9.59 Å². The molecule has 7 atom stereocenters. The van der Waals surface area contributed by atoms with Gasteiger partial charge in [-0.15, -0.1) is 0 Å². The van der Waals surface area contributed by atoms with Gasteiger partial charge in [-0.05, 0) is 43.4 Å². The van der Waals surface area contributed by atoms with E-state index in [2.05, 4.69) is 13.0 Å². The van der Waals surface area contributed by atoms with Crippen molar-refractivity contribution in [2.45, 2.75) is 39.0 Å². The maximum Gasteiger partial charge on any atom is 0.139 e. The fraction of sp³-hybridized carbons (Fsp3) is 0.765. The summed E-state index contributed by atoms with van der Waals surface area (Å²) >= 11 is 0. The largest absolute Gasteiger partial charge is 0.402 e. The molecule has 3 saturated carbocycles. The third kappa shape index (κ3) is 1.52. The van der Waals surface area contributed by atoms with Crippen molar-refractivity contribution < 1.29 is 9.59 Å². The number of allylic oxidation sites excluding steroid dienone is 2. The summed E-state index contributed by atoms with van der Waals surface area (Å²) < 4.78 is 0. The molecule has 0 aromatic carbocycles. The second kappa shape index (κ2) is 4.19. The standard InChI is InChI=1S/C17H23NO2/c1-8-6-9-7-13(18)10-4-5-14(19)11-2-3-12(17(8)20)15(9)16(10)11/h7-12,15-16H,2-6,18H2,1H3/t8-,9-,10-,11-,12+,15-,16-/m1/s1. The SMILES string of the molecule is C[C@@H]1C[C@@H]2C=C(N)[C@H]3CCC(=O)[C@H]4CC[C@H](C1=O)[C@@H]2[C@@H]43. The highest BCUT2D eigenvalue weighted by atomic mass is 16.1. The molecule has 0 heterocycles. The van der Waals surface area contributed by atoms with E-state index in [4.69, 9.17) is 5.73 Å². The smallest absolute Gasteiger partial charge is 0.139 e. The van der Waals surface area contributed by atoms with Crippen LogP contribution in [0.4, 0.5) is 0 Å².